The number of aromatic nitrogens is 2. The van der Waals surface area contributed by atoms with Gasteiger partial charge in [0.2, 0.25) is 15.8 Å². The van der Waals surface area contributed by atoms with Gasteiger partial charge in [-0.1, -0.05) is 17.3 Å². The molecule has 0 radical (unpaired) electrons. The Balaban J connectivity index is 1.37. The number of rotatable bonds is 8. The molecule has 2 aromatic carbocycles. The number of carbonyl (C=O) groups excluding carboxylic acids is 1. The molecule has 1 aliphatic rings. The third-order valence-corrected chi connectivity index (χ3v) is 6.87. The fourth-order valence-corrected chi connectivity index (χ4v) is 4.46. The Morgan fingerprint density at radius 1 is 1.26 bits per heavy atom. The van der Waals surface area contributed by atoms with Crippen LogP contribution in [-0.2, 0) is 19.5 Å². The molecule has 0 aliphatic carbocycles. The monoisotopic (exact) mass is 489 g/mol. The summed E-state index contributed by atoms with van der Waals surface area (Å²) >= 11 is 0. The minimum atomic E-state index is -3.73. The lowest BCUT2D eigenvalue weighted by molar-refractivity contribution is 0.0265. The molecule has 9 nitrogen and oxygen atoms in total. The van der Waals surface area contributed by atoms with Crippen molar-refractivity contribution in [2.45, 2.75) is 43.8 Å². The van der Waals surface area contributed by atoms with Crippen molar-refractivity contribution in [3.63, 3.8) is 0 Å². The molecule has 3 aromatic rings. The Morgan fingerprint density at radius 2 is 2.03 bits per heavy atom. The molecule has 11 heteroatoms. The van der Waals surface area contributed by atoms with Crippen LogP contribution in [0.1, 0.15) is 47.7 Å². The van der Waals surface area contributed by atoms with E-state index in [4.69, 9.17) is 14.0 Å². The topological polar surface area (TPSA) is 121 Å². The average molecular weight is 490 g/mol. The van der Waals surface area contributed by atoms with Gasteiger partial charge in [-0.25, -0.2) is 22.3 Å². The third kappa shape index (κ3) is 5.49. The van der Waals surface area contributed by atoms with E-state index in [0.717, 1.165) is 12.8 Å². The van der Waals surface area contributed by atoms with Gasteiger partial charge in [-0.3, -0.25) is 0 Å². The summed E-state index contributed by atoms with van der Waals surface area (Å²) < 4.78 is 57.2. The molecule has 0 bridgehead atoms. The predicted octanol–water partition coefficient (Wildman–Crippen LogP) is 3.56. The molecular formula is C23H24FN3O6S. The molecule has 1 aromatic heterocycles. The molecule has 0 saturated carbocycles. The summed E-state index contributed by atoms with van der Waals surface area (Å²) in [5, 5.41) is 3.82. The number of nitrogens with one attached hydrogen (secondary N) is 1. The van der Waals surface area contributed by atoms with Crippen molar-refractivity contribution in [3.8, 4) is 11.4 Å². The molecule has 2 atom stereocenters. The lowest BCUT2D eigenvalue weighted by Gasteiger charge is -2.12. The maximum absolute atomic E-state index is 13.8. The van der Waals surface area contributed by atoms with Gasteiger partial charge < -0.3 is 14.0 Å². The summed E-state index contributed by atoms with van der Waals surface area (Å²) in [4.78, 5) is 16.7. The SMILES string of the molecule is Cc1ccc(-c2noc(C(C)OC(=O)c3ccc(S(=O)(=O)NCC4CCCO4)cc3)n2)cc1F. The maximum Gasteiger partial charge on any atom is 0.338 e. The second kappa shape index (κ2) is 10.00. The molecule has 34 heavy (non-hydrogen) atoms. The number of esters is 1. The Morgan fingerprint density at radius 3 is 2.71 bits per heavy atom. The van der Waals surface area contributed by atoms with Crippen LogP contribution in [0.3, 0.4) is 0 Å². The fourth-order valence-electron chi connectivity index (χ4n) is 3.39. The largest absolute Gasteiger partial charge is 0.449 e. The molecule has 1 fully saturated rings. The fraction of sp³-hybridized carbons (Fsp3) is 0.348. The van der Waals surface area contributed by atoms with E-state index >= 15 is 0 Å². The first kappa shape index (κ1) is 24.0. The molecule has 1 N–H and O–H groups in total. The van der Waals surface area contributed by atoms with E-state index in [0.29, 0.717) is 17.7 Å². The summed E-state index contributed by atoms with van der Waals surface area (Å²) in [6, 6.07) is 9.95. The molecule has 4 rings (SSSR count). The van der Waals surface area contributed by atoms with Gasteiger partial charge in [-0.15, -0.1) is 0 Å². The van der Waals surface area contributed by atoms with Crippen molar-refractivity contribution >= 4 is 16.0 Å². The Hall–Kier alpha value is -3.15. The van der Waals surface area contributed by atoms with Gasteiger partial charge in [0.25, 0.3) is 5.89 Å². The number of hydrogen-bond donors (Lipinski definition) is 1. The van der Waals surface area contributed by atoms with Crippen LogP contribution >= 0.6 is 0 Å². The Labute approximate surface area is 196 Å². The molecular weight excluding hydrogens is 465 g/mol. The van der Waals surface area contributed by atoms with Gasteiger partial charge in [0.1, 0.15) is 5.82 Å². The van der Waals surface area contributed by atoms with Gasteiger partial charge in [-0.05, 0) is 62.6 Å². The van der Waals surface area contributed by atoms with Gasteiger partial charge in [-0.2, -0.15) is 4.98 Å². The summed E-state index contributed by atoms with van der Waals surface area (Å²) in [5.41, 5.74) is 1.08. The van der Waals surface area contributed by atoms with Crippen LogP contribution in [0, 0.1) is 12.7 Å². The summed E-state index contributed by atoms with van der Waals surface area (Å²) in [7, 11) is -3.73. The highest BCUT2D eigenvalue weighted by atomic mass is 32.2. The van der Waals surface area contributed by atoms with Crippen molar-refractivity contribution in [1.29, 1.82) is 0 Å². The van der Waals surface area contributed by atoms with Gasteiger partial charge >= 0.3 is 5.97 Å². The summed E-state index contributed by atoms with van der Waals surface area (Å²) in [5.74, 6) is -0.871. The predicted molar refractivity (Wildman–Crippen MR) is 119 cm³/mol. The second-order valence-corrected chi connectivity index (χ2v) is 9.75. The molecule has 0 spiro atoms. The van der Waals surface area contributed by atoms with E-state index in [1.807, 2.05) is 0 Å². The molecule has 2 heterocycles. The van der Waals surface area contributed by atoms with Gasteiger partial charge in [0.05, 0.1) is 16.6 Å². The minimum Gasteiger partial charge on any atom is -0.449 e. The van der Waals surface area contributed by atoms with Crippen molar-refractivity contribution in [2.75, 3.05) is 13.2 Å². The molecule has 1 aliphatic heterocycles. The quantitative estimate of drug-likeness (QED) is 0.477. The minimum absolute atomic E-state index is 0.0296. The lowest BCUT2D eigenvalue weighted by atomic mass is 10.1. The smallest absolute Gasteiger partial charge is 0.338 e. The van der Waals surface area contributed by atoms with Gasteiger partial charge in [0, 0.05) is 18.7 Å². The zero-order chi connectivity index (χ0) is 24.3. The first-order valence-corrected chi connectivity index (χ1v) is 12.2. The average Bonchev–Trinajstić information content (AvgIpc) is 3.52. The van der Waals surface area contributed by atoms with E-state index in [-0.39, 0.29) is 34.8 Å². The lowest BCUT2D eigenvalue weighted by Crippen LogP contribution is -2.31. The van der Waals surface area contributed by atoms with Crippen molar-refractivity contribution < 1.29 is 31.6 Å². The number of benzene rings is 2. The molecule has 2 unspecified atom stereocenters. The van der Waals surface area contributed by atoms with E-state index in [2.05, 4.69) is 14.9 Å². The maximum atomic E-state index is 13.8. The number of aryl methyl sites for hydroxylation is 1. The van der Waals surface area contributed by atoms with Gasteiger partial charge in [0.15, 0.2) is 6.10 Å². The normalized spacial score (nSPS) is 17.0. The number of sulfonamides is 1. The van der Waals surface area contributed by atoms with Crippen molar-refractivity contribution in [1.82, 2.24) is 14.9 Å². The van der Waals surface area contributed by atoms with Crippen molar-refractivity contribution in [2.24, 2.45) is 0 Å². The molecule has 1 saturated heterocycles. The zero-order valence-corrected chi connectivity index (χ0v) is 19.5. The number of hydrogen-bond acceptors (Lipinski definition) is 8. The number of nitrogens with zero attached hydrogens (tertiary/aromatic N) is 2. The first-order chi connectivity index (χ1) is 16.2. The second-order valence-electron chi connectivity index (χ2n) is 7.98. The van der Waals surface area contributed by atoms with Crippen LogP contribution in [-0.4, -0.2) is 43.8 Å². The summed E-state index contributed by atoms with van der Waals surface area (Å²) in [6.45, 7) is 4.03. The number of ether oxygens (including phenoxy) is 2. The van der Waals surface area contributed by atoms with Crippen LogP contribution in [0.15, 0.2) is 51.9 Å². The Bertz CT molecular complexity index is 1270. The van der Waals surface area contributed by atoms with Crippen LogP contribution in [0.25, 0.3) is 11.4 Å². The highest BCUT2D eigenvalue weighted by Gasteiger charge is 2.23. The van der Waals surface area contributed by atoms with E-state index in [1.54, 1.807) is 26.0 Å². The number of carbonyl (C=O) groups is 1. The van der Waals surface area contributed by atoms with Crippen LogP contribution in [0.4, 0.5) is 4.39 Å². The zero-order valence-electron chi connectivity index (χ0n) is 18.7. The summed E-state index contributed by atoms with van der Waals surface area (Å²) in [6.07, 6.45) is 0.729. The third-order valence-electron chi connectivity index (χ3n) is 5.43. The van der Waals surface area contributed by atoms with E-state index in [1.165, 1.54) is 30.3 Å². The van der Waals surface area contributed by atoms with Crippen LogP contribution in [0.5, 0.6) is 0 Å². The van der Waals surface area contributed by atoms with Crippen molar-refractivity contribution in [3.05, 3.63) is 65.3 Å². The highest BCUT2D eigenvalue weighted by Crippen LogP contribution is 2.23. The standard InChI is InChI=1S/C23H24FN3O6S/c1-14-5-6-17(12-20(14)24)21-26-22(33-27-21)15(2)32-23(28)16-7-9-19(10-8-16)34(29,30)25-13-18-4-3-11-31-18/h5-10,12,15,18,25H,3-4,11,13H2,1-2H3. The van der Waals surface area contributed by atoms with Crippen LogP contribution in [0.2, 0.25) is 0 Å². The highest BCUT2D eigenvalue weighted by molar-refractivity contribution is 7.89. The first-order valence-electron chi connectivity index (χ1n) is 10.8. The molecule has 0 amide bonds. The molecule has 180 valence electrons. The van der Waals surface area contributed by atoms with E-state index in [9.17, 15) is 17.6 Å². The Kier molecular flexibility index (Phi) is 7.05. The van der Waals surface area contributed by atoms with E-state index < -0.39 is 27.9 Å². The van der Waals surface area contributed by atoms with Crippen LogP contribution < -0.4 is 4.72 Å². The number of halogens is 1.